The molecule has 0 saturated heterocycles. The zero-order chi connectivity index (χ0) is 28.2. The third kappa shape index (κ3) is 3.38. The van der Waals surface area contributed by atoms with E-state index in [4.69, 9.17) is 13.1 Å². The average Bonchev–Trinajstić information content (AvgIpc) is 3.57. The van der Waals surface area contributed by atoms with Gasteiger partial charge in [0.25, 0.3) is 0 Å². The van der Waals surface area contributed by atoms with Crippen LogP contribution in [0.25, 0.3) is 75.9 Å². The molecule has 0 amide bonds. The van der Waals surface area contributed by atoms with E-state index in [0.29, 0.717) is 17.1 Å². The molecule has 3 aromatic heterocycles. The molecule has 0 aliphatic carbocycles. The molecule has 5 heteroatoms. The first kappa shape index (κ1) is 23.7. The first-order chi connectivity index (χ1) is 20.8. The summed E-state index contributed by atoms with van der Waals surface area (Å²) < 4.78 is 4.60. The van der Waals surface area contributed by atoms with Crippen molar-refractivity contribution in [3.05, 3.63) is 150 Å². The monoisotopic (exact) mass is 535 g/mol. The molecule has 0 N–H and O–H groups in total. The summed E-state index contributed by atoms with van der Waals surface area (Å²) in [6, 6.07) is 41.9. The Balaban J connectivity index is 1.42. The van der Waals surface area contributed by atoms with Crippen LogP contribution in [0.1, 0.15) is 0 Å². The summed E-state index contributed by atoms with van der Waals surface area (Å²) in [6.45, 7) is 15.2. The minimum atomic E-state index is 0.358. The number of aromatic nitrogens is 3. The lowest BCUT2D eigenvalue weighted by Gasteiger charge is -2.15. The smallest absolute Gasteiger partial charge is 0.203 e. The van der Waals surface area contributed by atoms with E-state index in [-0.39, 0.29) is 0 Å². The second-order valence-corrected chi connectivity index (χ2v) is 10.2. The molecule has 0 bridgehead atoms. The van der Waals surface area contributed by atoms with Crippen LogP contribution < -0.4 is 0 Å². The molecule has 0 saturated carbocycles. The lowest BCUT2D eigenvalue weighted by atomic mass is 10.1. The van der Waals surface area contributed by atoms with Crippen molar-refractivity contribution in [3.63, 3.8) is 0 Å². The Morgan fingerprint density at radius 2 is 1.10 bits per heavy atom. The number of benzene rings is 5. The maximum Gasteiger partial charge on any atom is 0.203 e. The molecule has 5 aromatic carbocycles. The second-order valence-electron chi connectivity index (χ2n) is 10.2. The van der Waals surface area contributed by atoms with Crippen molar-refractivity contribution in [1.29, 1.82) is 0 Å². The highest BCUT2D eigenvalue weighted by Crippen LogP contribution is 2.40. The van der Waals surface area contributed by atoms with Crippen molar-refractivity contribution in [1.82, 2.24) is 14.1 Å². The van der Waals surface area contributed by atoms with Gasteiger partial charge in [0, 0.05) is 39.0 Å². The lowest BCUT2D eigenvalue weighted by molar-refractivity contribution is 1.16. The molecule has 42 heavy (non-hydrogen) atoms. The normalized spacial score (nSPS) is 11.3. The van der Waals surface area contributed by atoms with Crippen LogP contribution in [0.15, 0.2) is 128 Å². The predicted octanol–water partition coefficient (Wildman–Crippen LogP) is 10.0. The summed E-state index contributed by atoms with van der Waals surface area (Å²) in [6.07, 6.45) is 1.54. The van der Waals surface area contributed by atoms with E-state index in [9.17, 15) is 0 Å². The maximum atomic E-state index is 7.79. The zero-order valence-electron chi connectivity index (χ0n) is 22.4. The summed E-state index contributed by atoms with van der Waals surface area (Å²) >= 11 is 0. The molecule has 0 radical (unpaired) electrons. The molecule has 194 valence electrons. The Morgan fingerprint density at radius 3 is 1.76 bits per heavy atom. The highest BCUT2D eigenvalue weighted by molar-refractivity contribution is 6.12. The van der Waals surface area contributed by atoms with Crippen LogP contribution >= 0.6 is 0 Å². The molecule has 3 heterocycles. The Kier molecular flexibility index (Phi) is 5.19. The van der Waals surface area contributed by atoms with Crippen molar-refractivity contribution in [2.75, 3.05) is 0 Å². The Bertz CT molecular complexity index is 2390. The van der Waals surface area contributed by atoms with Gasteiger partial charge in [0.2, 0.25) is 5.69 Å². The minimum Gasteiger partial charge on any atom is -0.309 e. The number of nitrogens with zero attached hydrogens (tertiary/aromatic N) is 5. The van der Waals surface area contributed by atoms with Crippen LogP contribution in [0.5, 0.6) is 0 Å². The molecule has 8 rings (SSSR count). The van der Waals surface area contributed by atoms with Gasteiger partial charge in [-0.3, -0.25) is 4.98 Å². The third-order valence-corrected chi connectivity index (χ3v) is 8.00. The van der Waals surface area contributed by atoms with Crippen molar-refractivity contribution < 1.29 is 0 Å². The van der Waals surface area contributed by atoms with Gasteiger partial charge in [-0.05, 0) is 48.5 Å². The van der Waals surface area contributed by atoms with Gasteiger partial charge in [-0.2, -0.15) is 0 Å². The zero-order valence-corrected chi connectivity index (χ0v) is 22.4. The first-order valence-corrected chi connectivity index (χ1v) is 13.6. The summed E-state index contributed by atoms with van der Waals surface area (Å²) in [7, 11) is 0. The predicted molar refractivity (Wildman–Crippen MR) is 171 cm³/mol. The van der Waals surface area contributed by atoms with Crippen LogP contribution in [-0.2, 0) is 0 Å². The SMILES string of the molecule is [C-]#[N+]c1cnc(-c2ccccc2-n2c3ccccc3c3cc(-n4c5ccccc5c5ccccc54)ccc32)c([N+]#[C-])c1. The van der Waals surface area contributed by atoms with Crippen molar-refractivity contribution >= 4 is 55.0 Å². The first-order valence-electron chi connectivity index (χ1n) is 13.6. The molecule has 0 fully saturated rings. The summed E-state index contributed by atoms with van der Waals surface area (Å²) in [5.74, 6) is 0. The van der Waals surface area contributed by atoms with E-state index in [1.165, 1.54) is 28.0 Å². The topological polar surface area (TPSA) is 31.5 Å². The van der Waals surface area contributed by atoms with Crippen LogP contribution in [-0.4, -0.2) is 14.1 Å². The largest absolute Gasteiger partial charge is 0.309 e. The van der Waals surface area contributed by atoms with Crippen molar-refractivity contribution in [2.45, 2.75) is 0 Å². The number of hydrogen-bond acceptors (Lipinski definition) is 1. The van der Waals surface area contributed by atoms with Gasteiger partial charge in [0.05, 0.1) is 46.6 Å². The molecule has 0 aliphatic rings. The average molecular weight is 536 g/mol. The molecular formula is C37H21N5. The number of rotatable bonds is 3. The Morgan fingerprint density at radius 1 is 0.524 bits per heavy atom. The standard InChI is InChI=1S/C37H21N5/c1-38-24-21-31(39-2)37(40-23-24)29-14-6-10-18-35(29)42-34-17-9-5-13-28(34)30-22-25(19-20-36(30)42)41-32-15-7-3-11-26(32)27-12-4-8-16-33(27)41/h3-23H. The quantitative estimate of drug-likeness (QED) is 0.207. The van der Waals surface area contributed by atoms with Gasteiger partial charge in [-0.1, -0.05) is 72.8 Å². The minimum absolute atomic E-state index is 0.358. The van der Waals surface area contributed by atoms with Gasteiger partial charge >= 0.3 is 0 Å². The number of fused-ring (bicyclic) bond motifs is 6. The molecule has 0 unspecified atom stereocenters. The van der Waals surface area contributed by atoms with Gasteiger partial charge in [-0.25, -0.2) is 9.69 Å². The fraction of sp³-hybridized carbons (Fsp3) is 0. The number of hydrogen-bond donors (Lipinski definition) is 0. The van der Waals surface area contributed by atoms with Crippen molar-refractivity contribution in [2.24, 2.45) is 0 Å². The van der Waals surface area contributed by atoms with Gasteiger partial charge in [0.15, 0.2) is 5.69 Å². The highest BCUT2D eigenvalue weighted by atomic mass is 15.0. The van der Waals surface area contributed by atoms with Gasteiger partial charge in [0.1, 0.15) is 0 Å². The molecule has 8 aromatic rings. The highest BCUT2D eigenvalue weighted by Gasteiger charge is 2.19. The summed E-state index contributed by atoms with van der Waals surface area (Å²) in [5, 5.41) is 4.75. The van der Waals surface area contributed by atoms with Crippen LogP contribution in [0.2, 0.25) is 0 Å². The molecule has 0 aliphatic heterocycles. The molecular weight excluding hydrogens is 514 g/mol. The lowest BCUT2D eigenvalue weighted by Crippen LogP contribution is -1.98. The summed E-state index contributed by atoms with van der Waals surface area (Å²) in [5.41, 5.74) is 8.65. The number of pyridine rings is 1. The van der Waals surface area contributed by atoms with E-state index in [2.05, 4.69) is 121 Å². The van der Waals surface area contributed by atoms with Gasteiger partial charge in [-0.15, -0.1) is 0 Å². The fourth-order valence-corrected chi connectivity index (χ4v) is 6.23. The Labute approximate surface area is 241 Å². The van der Waals surface area contributed by atoms with E-state index in [1.807, 2.05) is 18.2 Å². The third-order valence-electron chi connectivity index (χ3n) is 8.00. The van der Waals surface area contributed by atoms with E-state index in [1.54, 1.807) is 6.07 Å². The summed E-state index contributed by atoms with van der Waals surface area (Å²) in [4.78, 5) is 11.8. The fourth-order valence-electron chi connectivity index (χ4n) is 6.23. The van der Waals surface area contributed by atoms with Crippen molar-refractivity contribution in [3.8, 4) is 22.6 Å². The van der Waals surface area contributed by atoms with Crippen LogP contribution in [0.3, 0.4) is 0 Å². The molecule has 0 spiro atoms. The van der Waals surface area contributed by atoms with Crippen LogP contribution in [0, 0.1) is 13.1 Å². The Hall–Kier alpha value is -6.17. The van der Waals surface area contributed by atoms with Crippen LogP contribution in [0.4, 0.5) is 11.4 Å². The maximum absolute atomic E-state index is 7.79. The van der Waals surface area contributed by atoms with E-state index < -0.39 is 0 Å². The number of para-hydroxylation sites is 4. The van der Waals surface area contributed by atoms with Gasteiger partial charge < -0.3 is 9.13 Å². The molecule has 5 nitrogen and oxygen atoms in total. The van der Waals surface area contributed by atoms with E-state index in [0.717, 1.165) is 38.7 Å². The molecule has 0 atom stereocenters. The second kappa shape index (κ2) is 9.20. The van der Waals surface area contributed by atoms with E-state index >= 15 is 0 Å².